The van der Waals surface area contributed by atoms with Crippen LogP contribution < -0.4 is 10.1 Å². The quantitative estimate of drug-likeness (QED) is 0.687. The predicted octanol–water partition coefficient (Wildman–Crippen LogP) is 4.77. The van der Waals surface area contributed by atoms with Gasteiger partial charge in [0.1, 0.15) is 5.75 Å². The predicted molar refractivity (Wildman–Crippen MR) is 106 cm³/mol. The van der Waals surface area contributed by atoms with Crippen molar-refractivity contribution in [3.8, 4) is 22.9 Å². The van der Waals surface area contributed by atoms with Gasteiger partial charge in [-0.2, -0.15) is 0 Å². The Kier molecular flexibility index (Phi) is 5.81. The highest BCUT2D eigenvalue weighted by atomic mass is 16.5. The third-order valence-corrected chi connectivity index (χ3v) is 4.40. The van der Waals surface area contributed by atoms with Gasteiger partial charge in [0.25, 0.3) is 5.91 Å². The van der Waals surface area contributed by atoms with E-state index in [0.29, 0.717) is 11.3 Å². The normalized spacial score (nSPS) is 11.7. The summed E-state index contributed by atoms with van der Waals surface area (Å²) in [6.07, 6.45) is 4.39. The van der Waals surface area contributed by atoms with E-state index in [-0.39, 0.29) is 18.0 Å². The Hall–Kier alpha value is -3.21. The van der Waals surface area contributed by atoms with Crippen molar-refractivity contribution >= 4 is 5.91 Å². The standard InChI is InChI=1S/C22H23N3O2/c1-4-16(3)25-21(26)17-9-11-19(12-10-17)27-22-23-13-18(14-24-22)20-8-6-5-7-15(20)2/h5-14,16H,4H2,1-3H3,(H,25,26)/t16-/m1/s1. The third kappa shape index (κ3) is 4.70. The highest BCUT2D eigenvalue weighted by molar-refractivity contribution is 5.94. The van der Waals surface area contributed by atoms with Crippen LogP contribution in [0, 0.1) is 6.92 Å². The summed E-state index contributed by atoms with van der Waals surface area (Å²) < 4.78 is 5.68. The minimum Gasteiger partial charge on any atom is -0.424 e. The molecule has 3 rings (SSSR count). The molecule has 1 atom stereocenters. The molecular weight excluding hydrogens is 338 g/mol. The number of amides is 1. The Morgan fingerprint density at radius 1 is 1.07 bits per heavy atom. The minimum atomic E-state index is -0.0882. The number of aromatic nitrogens is 2. The average molecular weight is 361 g/mol. The molecule has 0 saturated carbocycles. The van der Waals surface area contributed by atoms with Crippen molar-refractivity contribution in [2.45, 2.75) is 33.2 Å². The minimum absolute atomic E-state index is 0.0882. The molecule has 0 fully saturated rings. The Labute approximate surface area is 159 Å². The lowest BCUT2D eigenvalue weighted by Gasteiger charge is -2.11. The number of carbonyl (C=O) groups is 1. The van der Waals surface area contributed by atoms with E-state index in [4.69, 9.17) is 4.74 Å². The summed E-state index contributed by atoms with van der Waals surface area (Å²) in [6.45, 7) is 6.07. The molecule has 1 aromatic heterocycles. The highest BCUT2D eigenvalue weighted by Crippen LogP contribution is 2.24. The van der Waals surface area contributed by atoms with Crippen molar-refractivity contribution in [2.75, 3.05) is 0 Å². The van der Waals surface area contributed by atoms with Crippen molar-refractivity contribution in [1.82, 2.24) is 15.3 Å². The van der Waals surface area contributed by atoms with Crippen LogP contribution in [0.4, 0.5) is 0 Å². The molecule has 0 saturated heterocycles. The largest absolute Gasteiger partial charge is 0.424 e. The molecule has 5 nitrogen and oxygen atoms in total. The van der Waals surface area contributed by atoms with Crippen LogP contribution in [0.2, 0.25) is 0 Å². The molecule has 1 N–H and O–H groups in total. The third-order valence-electron chi connectivity index (χ3n) is 4.40. The topological polar surface area (TPSA) is 64.1 Å². The second-order valence-corrected chi connectivity index (χ2v) is 6.48. The lowest BCUT2D eigenvalue weighted by molar-refractivity contribution is 0.0939. The number of nitrogens with one attached hydrogen (secondary N) is 1. The maximum atomic E-state index is 12.1. The zero-order valence-corrected chi connectivity index (χ0v) is 15.8. The van der Waals surface area contributed by atoms with Crippen LogP contribution in [0.25, 0.3) is 11.1 Å². The van der Waals surface area contributed by atoms with Crippen LogP contribution in [0.1, 0.15) is 36.2 Å². The van der Waals surface area contributed by atoms with E-state index in [1.807, 2.05) is 32.0 Å². The maximum Gasteiger partial charge on any atom is 0.321 e. The molecule has 5 heteroatoms. The number of aryl methyl sites for hydroxylation is 1. The van der Waals surface area contributed by atoms with Gasteiger partial charge in [0.2, 0.25) is 0 Å². The number of carbonyl (C=O) groups excluding carboxylic acids is 1. The van der Waals surface area contributed by atoms with E-state index in [9.17, 15) is 4.79 Å². The summed E-state index contributed by atoms with van der Waals surface area (Å²) in [4.78, 5) is 20.7. The maximum absolute atomic E-state index is 12.1. The number of rotatable bonds is 6. The van der Waals surface area contributed by atoms with Crippen LogP contribution in [0.3, 0.4) is 0 Å². The molecule has 0 aliphatic carbocycles. The van der Waals surface area contributed by atoms with Crippen molar-refractivity contribution in [3.05, 3.63) is 72.1 Å². The zero-order chi connectivity index (χ0) is 19.2. The Bertz CT molecular complexity index is 906. The molecular formula is C22H23N3O2. The number of hydrogen-bond acceptors (Lipinski definition) is 4. The van der Waals surface area contributed by atoms with Gasteiger partial charge in [-0.25, -0.2) is 9.97 Å². The molecule has 1 heterocycles. The zero-order valence-electron chi connectivity index (χ0n) is 15.8. The Morgan fingerprint density at radius 3 is 2.37 bits per heavy atom. The first-order valence-electron chi connectivity index (χ1n) is 9.03. The van der Waals surface area contributed by atoms with E-state index in [1.54, 1.807) is 36.7 Å². The van der Waals surface area contributed by atoms with E-state index >= 15 is 0 Å². The first kappa shape index (κ1) is 18.6. The van der Waals surface area contributed by atoms with E-state index in [0.717, 1.165) is 17.5 Å². The van der Waals surface area contributed by atoms with E-state index in [1.165, 1.54) is 5.56 Å². The van der Waals surface area contributed by atoms with Crippen LogP contribution in [-0.4, -0.2) is 21.9 Å². The summed E-state index contributed by atoms with van der Waals surface area (Å²) >= 11 is 0. The fourth-order valence-electron chi connectivity index (χ4n) is 2.59. The molecule has 0 radical (unpaired) electrons. The van der Waals surface area contributed by atoms with E-state index in [2.05, 4.69) is 28.3 Å². The SMILES string of the molecule is CC[C@@H](C)NC(=O)c1ccc(Oc2ncc(-c3ccccc3C)cn2)cc1. The fraction of sp³-hybridized carbons (Fsp3) is 0.227. The number of benzene rings is 2. The van der Waals surface area contributed by atoms with Gasteiger partial charge in [0.15, 0.2) is 0 Å². The molecule has 0 spiro atoms. The van der Waals surface area contributed by atoms with Crippen LogP contribution in [-0.2, 0) is 0 Å². The molecule has 0 aliphatic heterocycles. The number of ether oxygens (including phenoxy) is 1. The second kappa shape index (κ2) is 8.45. The molecule has 3 aromatic rings. The van der Waals surface area contributed by atoms with Gasteiger partial charge in [-0.1, -0.05) is 31.2 Å². The van der Waals surface area contributed by atoms with Gasteiger partial charge in [-0.05, 0) is 55.7 Å². The molecule has 0 unspecified atom stereocenters. The smallest absolute Gasteiger partial charge is 0.321 e. The Morgan fingerprint density at radius 2 is 1.74 bits per heavy atom. The van der Waals surface area contributed by atoms with Crippen molar-refractivity contribution in [2.24, 2.45) is 0 Å². The van der Waals surface area contributed by atoms with Crippen LogP contribution in [0.15, 0.2) is 60.9 Å². The molecule has 27 heavy (non-hydrogen) atoms. The van der Waals surface area contributed by atoms with Crippen LogP contribution >= 0.6 is 0 Å². The molecule has 1 amide bonds. The summed E-state index contributed by atoms with van der Waals surface area (Å²) in [5.74, 6) is 0.494. The van der Waals surface area contributed by atoms with Gasteiger partial charge in [-0.3, -0.25) is 4.79 Å². The second-order valence-electron chi connectivity index (χ2n) is 6.48. The molecule has 0 aliphatic rings. The van der Waals surface area contributed by atoms with Crippen molar-refractivity contribution in [3.63, 3.8) is 0 Å². The lowest BCUT2D eigenvalue weighted by atomic mass is 10.0. The van der Waals surface area contributed by atoms with Gasteiger partial charge >= 0.3 is 6.01 Å². The molecule has 138 valence electrons. The van der Waals surface area contributed by atoms with Crippen molar-refractivity contribution < 1.29 is 9.53 Å². The summed E-state index contributed by atoms with van der Waals surface area (Å²) in [5.41, 5.74) is 3.80. The number of nitrogens with zero attached hydrogens (tertiary/aromatic N) is 2. The van der Waals surface area contributed by atoms with Gasteiger partial charge in [0, 0.05) is 29.6 Å². The summed E-state index contributed by atoms with van der Waals surface area (Å²) in [6, 6.07) is 15.4. The lowest BCUT2D eigenvalue weighted by Crippen LogP contribution is -2.31. The first-order valence-corrected chi connectivity index (χ1v) is 9.03. The van der Waals surface area contributed by atoms with Gasteiger partial charge in [-0.15, -0.1) is 0 Å². The van der Waals surface area contributed by atoms with Gasteiger partial charge < -0.3 is 10.1 Å². The Balaban J connectivity index is 1.67. The number of hydrogen-bond donors (Lipinski definition) is 1. The summed E-state index contributed by atoms with van der Waals surface area (Å²) in [5, 5.41) is 2.94. The van der Waals surface area contributed by atoms with Crippen LogP contribution in [0.5, 0.6) is 11.8 Å². The van der Waals surface area contributed by atoms with E-state index < -0.39 is 0 Å². The fourth-order valence-corrected chi connectivity index (χ4v) is 2.59. The monoisotopic (exact) mass is 361 g/mol. The highest BCUT2D eigenvalue weighted by Gasteiger charge is 2.09. The van der Waals surface area contributed by atoms with Gasteiger partial charge in [0.05, 0.1) is 0 Å². The average Bonchev–Trinajstić information content (AvgIpc) is 2.69. The summed E-state index contributed by atoms with van der Waals surface area (Å²) in [7, 11) is 0. The van der Waals surface area contributed by atoms with Crippen molar-refractivity contribution in [1.29, 1.82) is 0 Å². The molecule has 2 aromatic carbocycles. The first-order chi connectivity index (χ1) is 13.1. The molecule has 0 bridgehead atoms.